The van der Waals surface area contributed by atoms with E-state index in [1.165, 1.54) is 135 Å². The Bertz CT molecular complexity index is 1670. The highest BCUT2D eigenvalue weighted by atomic mass is 16.6. The molecule has 0 amide bonds. The molecule has 1 atom stereocenters. The van der Waals surface area contributed by atoms with Crippen LogP contribution in [0.5, 0.6) is 0 Å². The lowest BCUT2D eigenvalue weighted by Gasteiger charge is -2.18. The van der Waals surface area contributed by atoms with E-state index in [1.54, 1.807) is 6.08 Å². The van der Waals surface area contributed by atoms with E-state index in [-0.39, 0.29) is 31.6 Å². The Balaban J connectivity index is 4.37. The van der Waals surface area contributed by atoms with Crippen LogP contribution in [0.4, 0.5) is 0 Å². The molecule has 0 spiro atoms. The zero-order valence-electron chi connectivity index (χ0n) is 50.6. The van der Waals surface area contributed by atoms with Gasteiger partial charge >= 0.3 is 17.9 Å². The van der Waals surface area contributed by atoms with Gasteiger partial charge in [0.05, 0.1) is 6.42 Å². The minimum absolute atomic E-state index is 0.111. The third kappa shape index (κ3) is 62.4. The fourth-order valence-electron chi connectivity index (χ4n) is 8.70. The van der Waals surface area contributed by atoms with E-state index in [2.05, 4.69) is 142 Å². The van der Waals surface area contributed by atoms with Crippen LogP contribution in [0.3, 0.4) is 0 Å². The number of carbonyl (C=O) groups is 3. The van der Waals surface area contributed by atoms with Crippen LogP contribution in [-0.4, -0.2) is 37.2 Å². The van der Waals surface area contributed by atoms with Crippen molar-refractivity contribution in [2.45, 2.75) is 290 Å². The van der Waals surface area contributed by atoms with Crippen molar-refractivity contribution in [3.8, 4) is 0 Å². The molecule has 0 aromatic carbocycles. The Kier molecular flexibility index (Phi) is 61.4. The molecule has 0 aliphatic rings. The zero-order valence-corrected chi connectivity index (χ0v) is 50.6. The predicted octanol–water partition coefficient (Wildman–Crippen LogP) is 22.2. The quantitative estimate of drug-likeness (QED) is 0.0261. The molecule has 0 aromatic rings. The van der Waals surface area contributed by atoms with Crippen LogP contribution in [0.15, 0.2) is 134 Å². The van der Waals surface area contributed by atoms with E-state index in [1.807, 2.05) is 6.08 Å². The smallest absolute Gasteiger partial charge is 0.309 e. The van der Waals surface area contributed by atoms with Gasteiger partial charge < -0.3 is 14.2 Å². The van der Waals surface area contributed by atoms with Crippen molar-refractivity contribution < 1.29 is 28.6 Å². The summed E-state index contributed by atoms with van der Waals surface area (Å²) in [7, 11) is 0. The van der Waals surface area contributed by atoms with E-state index in [9.17, 15) is 14.4 Å². The fraction of sp³-hybridized carbons (Fsp3) is 0.653. The van der Waals surface area contributed by atoms with Gasteiger partial charge in [0.2, 0.25) is 0 Å². The summed E-state index contributed by atoms with van der Waals surface area (Å²) >= 11 is 0. The lowest BCUT2D eigenvalue weighted by molar-refractivity contribution is -0.166. The minimum atomic E-state index is -0.823. The van der Waals surface area contributed by atoms with Gasteiger partial charge in [0.15, 0.2) is 6.10 Å². The summed E-state index contributed by atoms with van der Waals surface area (Å²) in [5, 5.41) is 0. The Labute approximate surface area is 481 Å². The Morgan fingerprint density at radius 1 is 0.282 bits per heavy atom. The molecule has 0 saturated heterocycles. The number of allylic oxidation sites excluding steroid dienone is 21. The third-order valence-electron chi connectivity index (χ3n) is 13.4. The molecule has 78 heavy (non-hydrogen) atoms. The van der Waals surface area contributed by atoms with Gasteiger partial charge in [-0.1, -0.05) is 302 Å². The summed E-state index contributed by atoms with van der Waals surface area (Å²) in [6.07, 6.45) is 92.0. The van der Waals surface area contributed by atoms with E-state index >= 15 is 0 Å². The molecule has 0 N–H and O–H groups in total. The Morgan fingerprint density at radius 3 is 0.897 bits per heavy atom. The first-order chi connectivity index (χ1) is 38.5. The summed E-state index contributed by atoms with van der Waals surface area (Å²) in [6, 6.07) is 0. The van der Waals surface area contributed by atoms with Crippen LogP contribution in [0, 0.1) is 0 Å². The number of unbranched alkanes of at least 4 members (excludes halogenated alkanes) is 25. The molecule has 0 heterocycles. The monoisotopic (exact) mass is 1080 g/mol. The molecule has 0 aliphatic carbocycles. The van der Waals surface area contributed by atoms with Crippen molar-refractivity contribution in [1.82, 2.24) is 0 Å². The average Bonchev–Trinajstić information content (AvgIpc) is 3.44. The highest BCUT2D eigenvalue weighted by Crippen LogP contribution is 2.16. The number of esters is 3. The molecule has 0 saturated carbocycles. The maximum atomic E-state index is 12.9. The van der Waals surface area contributed by atoms with Crippen LogP contribution in [0.1, 0.15) is 284 Å². The first-order valence-electron chi connectivity index (χ1n) is 32.2. The first kappa shape index (κ1) is 73.5. The van der Waals surface area contributed by atoms with Gasteiger partial charge in [0.25, 0.3) is 0 Å². The first-order valence-corrected chi connectivity index (χ1v) is 32.2. The van der Waals surface area contributed by atoms with Crippen molar-refractivity contribution in [3.05, 3.63) is 134 Å². The van der Waals surface area contributed by atoms with Gasteiger partial charge in [0, 0.05) is 12.8 Å². The Morgan fingerprint density at radius 2 is 0.551 bits per heavy atom. The van der Waals surface area contributed by atoms with E-state index < -0.39 is 12.1 Å². The second-order valence-electron chi connectivity index (χ2n) is 20.9. The minimum Gasteiger partial charge on any atom is -0.462 e. The summed E-state index contributed by atoms with van der Waals surface area (Å²) in [4.78, 5) is 38.2. The van der Waals surface area contributed by atoms with Gasteiger partial charge in [-0.3, -0.25) is 14.4 Å². The molecule has 6 heteroatoms. The van der Waals surface area contributed by atoms with Crippen LogP contribution in [-0.2, 0) is 28.6 Å². The number of hydrogen-bond donors (Lipinski definition) is 0. The summed E-state index contributed by atoms with van der Waals surface area (Å²) in [5.41, 5.74) is 0. The van der Waals surface area contributed by atoms with Crippen molar-refractivity contribution in [2.75, 3.05) is 13.2 Å². The summed E-state index contributed by atoms with van der Waals surface area (Å²) < 4.78 is 16.8. The van der Waals surface area contributed by atoms with Gasteiger partial charge in [-0.05, 0) is 96.3 Å². The molecule has 0 fully saturated rings. The molecule has 1 unspecified atom stereocenters. The SMILES string of the molecule is CC/C=C\C/C=C\C/C=C\C/C=C\C/C=C\C/C=C\CCCCCCCCCCCCC(=O)OCC(COC(=O)C/C=C\C/C=C\C/C=C\C/C=C\C/C=C\CC)OC(=O)CCCCCCCCCCCCCCCCCC. The fourth-order valence-corrected chi connectivity index (χ4v) is 8.70. The molecule has 0 rings (SSSR count). The van der Waals surface area contributed by atoms with Gasteiger partial charge in [-0.2, -0.15) is 0 Å². The van der Waals surface area contributed by atoms with Crippen molar-refractivity contribution in [3.63, 3.8) is 0 Å². The van der Waals surface area contributed by atoms with E-state index in [0.29, 0.717) is 12.8 Å². The highest BCUT2D eigenvalue weighted by molar-refractivity contribution is 5.72. The van der Waals surface area contributed by atoms with Crippen LogP contribution in [0.2, 0.25) is 0 Å². The molecular formula is C72H118O6. The van der Waals surface area contributed by atoms with Crippen LogP contribution >= 0.6 is 0 Å². The van der Waals surface area contributed by atoms with Crippen molar-refractivity contribution in [1.29, 1.82) is 0 Å². The van der Waals surface area contributed by atoms with E-state index in [0.717, 1.165) is 109 Å². The molecule has 6 nitrogen and oxygen atoms in total. The normalized spacial score (nSPS) is 13.0. The number of hydrogen-bond acceptors (Lipinski definition) is 6. The average molecular weight is 1080 g/mol. The van der Waals surface area contributed by atoms with Crippen molar-refractivity contribution in [2.24, 2.45) is 0 Å². The van der Waals surface area contributed by atoms with E-state index in [4.69, 9.17) is 14.2 Å². The zero-order chi connectivity index (χ0) is 56.4. The Hall–Kier alpha value is -4.45. The van der Waals surface area contributed by atoms with Gasteiger partial charge in [-0.25, -0.2) is 0 Å². The molecule has 0 aromatic heterocycles. The highest BCUT2D eigenvalue weighted by Gasteiger charge is 2.19. The summed E-state index contributed by atoms with van der Waals surface area (Å²) in [6.45, 7) is 6.34. The second-order valence-corrected chi connectivity index (χ2v) is 20.9. The van der Waals surface area contributed by atoms with Crippen molar-refractivity contribution >= 4 is 17.9 Å². The number of rotatable bonds is 57. The largest absolute Gasteiger partial charge is 0.462 e. The third-order valence-corrected chi connectivity index (χ3v) is 13.4. The molecule has 0 radical (unpaired) electrons. The van der Waals surface area contributed by atoms with Gasteiger partial charge in [0.1, 0.15) is 13.2 Å². The lowest BCUT2D eigenvalue weighted by atomic mass is 10.0. The topological polar surface area (TPSA) is 78.9 Å². The summed E-state index contributed by atoms with van der Waals surface area (Å²) in [5.74, 6) is -1.04. The van der Waals surface area contributed by atoms with Crippen LogP contribution in [0.25, 0.3) is 0 Å². The molecular weight excluding hydrogens is 961 g/mol. The van der Waals surface area contributed by atoms with Crippen LogP contribution < -0.4 is 0 Å². The number of ether oxygens (including phenoxy) is 3. The molecule has 442 valence electrons. The second kappa shape index (κ2) is 65.1. The standard InChI is InChI=1S/C72H118O6/c1-4-7-10-13-16-19-22-25-28-30-31-32-33-34-35-36-37-38-39-40-41-42-45-47-50-53-56-59-62-65-71(74)77-68-69(67-76-70(73)64-61-58-55-52-49-46-43-27-24-21-18-15-12-9-6-3)78-72(75)66-63-60-57-54-51-48-44-29-26-23-20-17-14-11-8-5-2/h7,9-10,12,16,18-19,21,25,27-28,31-32,34-35,37-38,43,49,52,58,61,69H,4-6,8,11,13-15,17,20,22-24,26,29-30,33,36,39-42,44-48,50-51,53-57,59-60,62-68H2,1-3H3/b10-7-,12-9-,19-16-,21-18-,28-25-,32-31-,35-34-,38-37-,43-27-,52-49-,61-58-. The van der Waals surface area contributed by atoms with Gasteiger partial charge in [-0.15, -0.1) is 0 Å². The maximum Gasteiger partial charge on any atom is 0.309 e. The predicted molar refractivity (Wildman–Crippen MR) is 339 cm³/mol. The number of carbonyl (C=O) groups excluding carboxylic acids is 3. The molecule has 0 bridgehead atoms. The maximum absolute atomic E-state index is 12.9. The lowest BCUT2D eigenvalue weighted by Crippen LogP contribution is -2.30. The molecule has 0 aliphatic heterocycles.